The zero-order valence-corrected chi connectivity index (χ0v) is 11.8. The highest BCUT2D eigenvalue weighted by Gasteiger charge is 2.37. The Morgan fingerprint density at radius 3 is 2.23 bits per heavy atom. The summed E-state index contributed by atoms with van der Waals surface area (Å²) in [4.78, 5) is 27.4. The van der Waals surface area contributed by atoms with Crippen LogP contribution in [0.3, 0.4) is 0 Å². The molecule has 1 saturated carbocycles. The zero-order valence-electron chi connectivity index (χ0n) is 11.8. The first-order valence-corrected chi connectivity index (χ1v) is 7.12. The number of amides is 2. The molecule has 3 rings (SSSR count). The summed E-state index contributed by atoms with van der Waals surface area (Å²) < 4.78 is 37.5. The van der Waals surface area contributed by atoms with E-state index < -0.39 is 17.6 Å². The summed E-state index contributed by atoms with van der Waals surface area (Å²) >= 11 is 0. The number of hydrogen-bond acceptors (Lipinski definition) is 2. The van der Waals surface area contributed by atoms with Gasteiger partial charge in [0.25, 0.3) is 5.91 Å². The lowest BCUT2D eigenvalue weighted by molar-refractivity contribution is -0.137. The van der Waals surface area contributed by atoms with E-state index in [4.69, 9.17) is 0 Å². The molecule has 0 bridgehead atoms. The van der Waals surface area contributed by atoms with Crippen LogP contribution in [-0.4, -0.2) is 47.3 Å². The van der Waals surface area contributed by atoms with Gasteiger partial charge in [0.2, 0.25) is 5.91 Å². The van der Waals surface area contributed by atoms with E-state index in [0.29, 0.717) is 19.1 Å². The minimum absolute atomic E-state index is 0.00362. The molecule has 0 spiro atoms. The maximum atomic E-state index is 12.5. The standard InChI is InChI=1S/C15H15F3N2O2/c16-15(17,18)11-3-1-10(2-4-11)14(22)19-7-8-20(12-5-6-12)13(21)9-19/h1-4,12H,5-9H2. The van der Waals surface area contributed by atoms with Gasteiger partial charge in [0.1, 0.15) is 6.54 Å². The molecule has 118 valence electrons. The maximum Gasteiger partial charge on any atom is 0.416 e. The van der Waals surface area contributed by atoms with Crippen molar-refractivity contribution in [3.8, 4) is 0 Å². The van der Waals surface area contributed by atoms with Crippen molar-refractivity contribution in [2.24, 2.45) is 0 Å². The number of halogens is 3. The van der Waals surface area contributed by atoms with Crippen LogP contribution in [0.1, 0.15) is 28.8 Å². The first kappa shape index (κ1) is 14.9. The second-order valence-electron chi connectivity index (χ2n) is 5.62. The second kappa shape index (κ2) is 5.30. The predicted molar refractivity (Wildman–Crippen MR) is 72.1 cm³/mol. The summed E-state index contributed by atoms with van der Waals surface area (Å²) in [5.41, 5.74) is -0.626. The van der Waals surface area contributed by atoms with E-state index in [9.17, 15) is 22.8 Å². The van der Waals surface area contributed by atoms with Crippen LogP contribution < -0.4 is 0 Å². The Kier molecular flexibility index (Phi) is 3.58. The van der Waals surface area contributed by atoms with Gasteiger partial charge in [-0.2, -0.15) is 13.2 Å². The Labute approximate surface area is 125 Å². The Morgan fingerprint density at radius 1 is 1.09 bits per heavy atom. The van der Waals surface area contributed by atoms with Crippen LogP contribution in [0.5, 0.6) is 0 Å². The molecule has 2 aliphatic rings. The number of rotatable bonds is 2. The lowest BCUT2D eigenvalue weighted by Crippen LogP contribution is -2.52. The van der Waals surface area contributed by atoms with Crippen LogP contribution in [0, 0.1) is 0 Å². The van der Waals surface area contributed by atoms with E-state index in [2.05, 4.69) is 0 Å². The van der Waals surface area contributed by atoms with Crippen molar-refractivity contribution < 1.29 is 22.8 Å². The van der Waals surface area contributed by atoms with Crippen LogP contribution >= 0.6 is 0 Å². The Morgan fingerprint density at radius 2 is 1.73 bits per heavy atom. The summed E-state index contributed by atoms with van der Waals surface area (Å²) in [7, 11) is 0. The average Bonchev–Trinajstić information content (AvgIpc) is 3.30. The quantitative estimate of drug-likeness (QED) is 0.839. The Hall–Kier alpha value is -2.05. The van der Waals surface area contributed by atoms with Crippen LogP contribution in [-0.2, 0) is 11.0 Å². The van der Waals surface area contributed by atoms with Gasteiger partial charge < -0.3 is 9.80 Å². The van der Waals surface area contributed by atoms with Crippen molar-refractivity contribution >= 4 is 11.8 Å². The molecule has 1 aromatic rings. The molecule has 1 aromatic carbocycles. The summed E-state index contributed by atoms with van der Waals surface area (Å²) in [6, 6.07) is 4.40. The van der Waals surface area contributed by atoms with Crippen molar-refractivity contribution in [2.45, 2.75) is 25.1 Å². The Balaban J connectivity index is 1.67. The van der Waals surface area contributed by atoms with E-state index in [-0.39, 0.29) is 18.0 Å². The van der Waals surface area contributed by atoms with Crippen molar-refractivity contribution in [2.75, 3.05) is 19.6 Å². The third-order valence-electron chi connectivity index (χ3n) is 3.99. The number of alkyl halides is 3. The van der Waals surface area contributed by atoms with Crippen LogP contribution in [0.15, 0.2) is 24.3 Å². The molecular formula is C15H15F3N2O2. The largest absolute Gasteiger partial charge is 0.416 e. The number of hydrogen-bond donors (Lipinski definition) is 0. The monoisotopic (exact) mass is 312 g/mol. The number of benzene rings is 1. The predicted octanol–water partition coefficient (Wildman–Crippen LogP) is 2.15. The lowest BCUT2D eigenvalue weighted by atomic mass is 10.1. The van der Waals surface area contributed by atoms with Crippen LogP contribution in [0.2, 0.25) is 0 Å². The van der Waals surface area contributed by atoms with Crippen LogP contribution in [0.4, 0.5) is 13.2 Å². The van der Waals surface area contributed by atoms with Crippen molar-refractivity contribution in [3.63, 3.8) is 0 Å². The summed E-state index contributed by atoms with van der Waals surface area (Å²) in [5.74, 6) is -0.494. The summed E-state index contributed by atoms with van der Waals surface area (Å²) in [6.45, 7) is 0.911. The molecule has 2 fully saturated rings. The molecule has 1 aliphatic heterocycles. The van der Waals surface area contributed by atoms with E-state index in [0.717, 1.165) is 37.1 Å². The van der Waals surface area contributed by atoms with Gasteiger partial charge in [0, 0.05) is 24.7 Å². The van der Waals surface area contributed by atoms with Gasteiger partial charge in [-0.15, -0.1) is 0 Å². The molecule has 0 radical (unpaired) electrons. The fraction of sp³-hybridized carbons (Fsp3) is 0.467. The lowest BCUT2D eigenvalue weighted by Gasteiger charge is -2.34. The first-order valence-electron chi connectivity index (χ1n) is 7.12. The number of piperazine rings is 1. The molecule has 2 amide bonds. The minimum atomic E-state index is -4.42. The van der Waals surface area contributed by atoms with Gasteiger partial charge in [-0.1, -0.05) is 0 Å². The minimum Gasteiger partial charge on any atom is -0.336 e. The molecule has 1 saturated heterocycles. The molecule has 0 aromatic heterocycles. The van der Waals surface area contributed by atoms with Crippen LogP contribution in [0.25, 0.3) is 0 Å². The van der Waals surface area contributed by atoms with Crippen molar-refractivity contribution in [1.29, 1.82) is 0 Å². The summed E-state index contributed by atoms with van der Waals surface area (Å²) in [5, 5.41) is 0. The molecule has 4 nitrogen and oxygen atoms in total. The average molecular weight is 312 g/mol. The summed E-state index contributed by atoms with van der Waals surface area (Å²) in [6.07, 6.45) is -2.40. The van der Waals surface area contributed by atoms with Gasteiger partial charge in [-0.3, -0.25) is 9.59 Å². The van der Waals surface area contributed by atoms with E-state index in [1.807, 2.05) is 0 Å². The van der Waals surface area contributed by atoms with Gasteiger partial charge in [0.15, 0.2) is 0 Å². The van der Waals surface area contributed by atoms with Crippen molar-refractivity contribution in [1.82, 2.24) is 9.80 Å². The fourth-order valence-corrected chi connectivity index (χ4v) is 2.62. The van der Waals surface area contributed by atoms with Gasteiger partial charge in [-0.05, 0) is 37.1 Å². The molecule has 1 heterocycles. The third kappa shape index (κ3) is 2.93. The Bertz CT molecular complexity index is 594. The number of carbonyl (C=O) groups is 2. The molecule has 0 unspecified atom stereocenters. The topological polar surface area (TPSA) is 40.6 Å². The number of carbonyl (C=O) groups excluding carboxylic acids is 2. The van der Waals surface area contributed by atoms with E-state index in [1.54, 1.807) is 4.90 Å². The smallest absolute Gasteiger partial charge is 0.336 e. The SMILES string of the molecule is O=C(c1ccc(C(F)(F)F)cc1)N1CCN(C2CC2)C(=O)C1. The number of nitrogens with zero attached hydrogens (tertiary/aromatic N) is 2. The van der Waals surface area contributed by atoms with Gasteiger partial charge in [-0.25, -0.2) is 0 Å². The highest BCUT2D eigenvalue weighted by atomic mass is 19.4. The fourth-order valence-electron chi connectivity index (χ4n) is 2.62. The molecule has 7 heteroatoms. The highest BCUT2D eigenvalue weighted by molar-refractivity contribution is 5.97. The molecule has 0 atom stereocenters. The van der Waals surface area contributed by atoms with E-state index >= 15 is 0 Å². The zero-order chi connectivity index (χ0) is 15.9. The van der Waals surface area contributed by atoms with E-state index in [1.165, 1.54) is 4.90 Å². The maximum absolute atomic E-state index is 12.5. The van der Waals surface area contributed by atoms with Gasteiger partial charge >= 0.3 is 6.18 Å². The second-order valence-corrected chi connectivity index (χ2v) is 5.62. The molecule has 22 heavy (non-hydrogen) atoms. The van der Waals surface area contributed by atoms with Crippen molar-refractivity contribution in [3.05, 3.63) is 35.4 Å². The highest BCUT2D eigenvalue weighted by Crippen LogP contribution is 2.30. The normalized spacial score (nSPS) is 19.5. The third-order valence-corrected chi connectivity index (χ3v) is 3.99. The molecular weight excluding hydrogens is 297 g/mol. The molecule has 1 aliphatic carbocycles. The first-order chi connectivity index (χ1) is 10.4. The molecule has 0 N–H and O–H groups in total. The van der Waals surface area contributed by atoms with Gasteiger partial charge in [0.05, 0.1) is 5.56 Å².